The first-order valence-electron chi connectivity index (χ1n) is 6.84. The van der Waals surface area contributed by atoms with Crippen LogP contribution in [0.1, 0.15) is 17.5 Å². The summed E-state index contributed by atoms with van der Waals surface area (Å²) in [6.45, 7) is 0. The molecule has 0 aliphatic carbocycles. The van der Waals surface area contributed by atoms with Gasteiger partial charge < -0.3 is 5.32 Å². The van der Waals surface area contributed by atoms with Crippen molar-refractivity contribution in [2.24, 2.45) is 0 Å². The summed E-state index contributed by atoms with van der Waals surface area (Å²) in [7, 11) is 1.96. The maximum Gasteiger partial charge on any atom is 0.141 e. The van der Waals surface area contributed by atoms with Crippen molar-refractivity contribution in [1.29, 1.82) is 0 Å². The molecule has 1 unspecified atom stereocenters. The van der Waals surface area contributed by atoms with Crippen molar-refractivity contribution in [2.45, 2.75) is 25.3 Å². The number of halogens is 2. The molecule has 1 atom stereocenters. The molecule has 106 valence electrons. The van der Waals surface area contributed by atoms with Crippen LogP contribution in [0.4, 0.5) is 4.39 Å². The monoisotopic (exact) mass is 291 g/mol. The fraction of sp³-hybridized carbons (Fsp3) is 0.294. The predicted molar refractivity (Wildman–Crippen MR) is 82.7 cm³/mol. The Kier molecular flexibility index (Phi) is 5.57. The van der Waals surface area contributed by atoms with Crippen LogP contribution >= 0.6 is 11.6 Å². The van der Waals surface area contributed by atoms with Gasteiger partial charge in [-0.1, -0.05) is 48.0 Å². The summed E-state index contributed by atoms with van der Waals surface area (Å²) in [6.07, 6.45) is 2.92. The fourth-order valence-corrected chi connectivity index (χ4v) is 2.49. The van der Waals surface area contributed by atoms with Gasteiger partial charge in [-0.3, -0.25) is 0 Å². The van der Waals surface area contributed by atoms with Crippen LogP contribution in [-0.4, -0.2) is 13.1 Å². The Morgan fingerprint density at radius 3 is 2.50 bits per heavy atom. The van der Waals surface area contributed by atoms with Gasteiger partial charge in [0.1, 0.15) is 5.82 Å². The fourth-order valence-electron chi connectivity index (χ4n) is 2.29. The summed E-state index contributed by atoms with van der Waals surface area (Å²) in [5.74, 6) is -0.360. The molecule has 0 amide bonds. The van der Waals surface area contributed by atoms with Gasteiger partial charge in [-0.15, -0.1) is 0 Å². The molecule has 0 radical (unpaired) electrons. The minimum absolute atomic E-state index is 0.195. The van der Waals surface area contributed by atoms with E-state index in [0.29, 0.717) is 6.04 Å². The second-order valence-corrected chi connectivity index (χ2v) is 5.37. The van der Waals surface area contributed by atoms with E-state index in [1.54, 1.807) is 12.1 Å². The second kappa shape index (κ2) is 7.41. The Morgan fingerprint density at radius 1 is 1.10 bits per heavy atom. The molecule has 0 heterocycles. The molecule has 1 N–H and O–H groups in total. The quantitative estimate of drug-likeness (QED) is 0.839. The molecule has 2 aromatic rings. The van der Waals surface area contributed by atoms with E-state index >= 15 is 0 Å². The molecule has 0 saturated carbocycles. The van der Waals surface area contributed by atoms with Gasteiger partial charge in [0.15, 0.2) is 0 Å². The maximum absolute atomic E-state index is 13.1. The van der Waals surface area contributed by atoms with Gasteiger partial charge >= 0.3 is 0 Å². The van der Waals surface area contributed by atoms with Crippen LogP contribution < -0.4 is 5.32 Å². The van der Waals surface area contributed by atoms with Crippen LogP contribution in [-0.2, 0) is 12.8 Å². The van der Waals surface area contributed by atoms with Crippen LogP contribution in [0.3, 0.4) is 0 Å². The van der Waals surface area contributed by atoms with Gasteiger partial charge in [-0.25, -0.2) is 4.39 Å². The molecule has 1 nitrogen and oxygen atoms in total. The summed E-state index contributed by atoms with van der Waals surface area (Å²) in [6, 6.07) is 15.7. The average molecular weight is 292 g/mol. The Hall–Kier alpha value is -1.38. The minimum Gasteiger partial charge on any atom is -0.317 e. The van der Waals surface area contributed by atoms with Crippen LogP contribution in [0.15, 0.2) is 48.5 Å². The predicted octanol–water partition coefficient (Wildman–Crippen LogP) is 4.24. The maximum atomic E-state index is 13.1. The number of hydrogen-bond donors (Lipinski definition) is 1. The summed E-state index contributed by atoms with van der Waals surface area (Å²) in [5.41, 5.74) is 2.40. The van der Waals surface area contributed by atoms with Gasteiger partial charge in [-0.05, 0) is 49.6 Å². The number of benzene rings is 2. The SMILES string of the molecule is CNC(CCc1ccccc1)Cc1ccc(F)c(Cl)c1. The zero-order valence-corrected chi connectivity index (χ0v) is 12.3. The standard InChI is InChI=1S/C17H19ClFN/c1-20-15(9-7-13-5-3-2-4-6-13)11-14-8-10-17(19)16(18)12-14/h2-6,8,10,12,15,20H,7,9,11H2,1H3. The van der Waals surface area contributed by atoms with E-state index in [1.807, 2.05) is 13.1 Å². The van der Waals surface area contributed by atoms with E-state index in [0.717, 1.165) is 24.8 Å². The van der Waals surface area contributed by atoms with E-state index in [-0.39, 0.29) is 10.8 Å². The minimum atomic E-state index is -0.360. The number of nitrogens with one attached hydrogen (secondary N) is 1. The average Bonchev–Trinajstić information content (AvgIpc) is 2.48. The molecule has 2 rings (SSSR count). The molecule has 0 aromatic heterocycles. The lowest BCUT2D eigenvalue weighted by molar-refractivity contribution is 0.519. The van der Waals surface area contributed by atoms with Gasteiger partial charge in [0.2, 0.25) is 0 Å². The van der Waals surface area contributed by atoms with E-state index in [1.165, 1.54) is 11.6 Å². The molecule has 0 aliphatic heterocycles. The highest BCUT2D eigenvalue weighted by Crippen LogP contribution is 2.18. The Balaban J connectivity index is 1.93. The first-order chi connectivity index (χ1) is 9.69. The van der Waals surface area contributed by atoms with Crippen molar-refractivity contribution >= 4 is 11.6 Å². The summed E-state index contributed by atoms with van der Waals surface area (Å²) >= 11 is 5.82. The van der Waals surface area contributed by atoms with Crippen molar-refractivity contribution in [3.8, 4) is 0 Å². The third-order valence-corrected chi connectivity index (χ3v) is 3.79. The van der Waals surface area contributed by atoms with Crippen molar-refractivity contribution < 1.29 is 4.39 Å². The number of rotatable bonds is 6. The van der Waals surface area contributed by atoms with Gasteiger partial charge in [0, 0.05) is 6.04 Å². The van der Waals surface area contributed by atoms with Gasteiger partial charge in [-0.2, -0.15) is 0 Å². The molecule has 0 bridgehead atoms. The van der Waals surface area contributed by atoms with Crippen molar-refractivity contribution in [2.75, 3.05) is 7.05 Å². The topological polar surface area (TPSA) is 12.0 Å². The lowest BCUT2D eigenvalue weighted by Gasteiger charge is -2.16. The summed E-state index contributed by atoms with van der Waals surface area (Å²) in [5, 5.41) is 3.51. The first-order valence-corrected chi connectivity index (χ1v) is 7.22. The number of likely N-dealkylation sites (N-methyl/N-ethyl adjacent to an activating group) is 1. The molecular weight excluding hydrogens is 273 g/mol. The Labute approximate surface area is 124 Å². The summed E-state index contributed by atoms with van der Waals surface area (Å²) in [4.78, 5) is 0. The summed E-state index contributed by atoms with van der Waals surface area (Å²) < 4.78 is 13.1. The molecule has 0 fully saturated rings. The van der Waals surface area contributed by atoms with Crippen molar-refractivity contribution in [3.05, 3.63) is 70.5 Å². The third kappa shape index (κ3) is 4.32. The number of hydrogen-bond acceptors (Lipinski definition) is 1. The van der Waals surface area contributed by atoms with E-state index in [2.05, 4.69) is 29.6 Å². The third-order valence-electron chi connectivity index (χ3n) is 3.50. The Morgan fingerprint density at radius 2 is 1.85 bits per heavy atom. The van der Waals surface area contributed by atoms with E-state index in [9.17, 15) is 4.39 Å². The van der Waals surface area contributed by atoms with E-state index < -0.39 is 0 Å². The van der Waals surface area contributed by atoms with Gasteiger partial charge in [0.05, 0.1) is 5.02 Å². The largest absolute Gasteiger partial charge is 0.317 e. The molecule has 0 saturated heterocycles. The zero-order chi connectivity index (χ0) is 14.4. The first kappa shape index (κ1) is 15.0. The highest BCUT2D eigenvalue weighted by atomic mass is 35.5. The highest BCUT2D eigenvalue weighted by molar-refractivity contribution is 6.30. The lowest BCUT2D eigenvalue weighted by Crippen LogP contribution is -2.28. The van der Waals surface area contributed by atoms with Crippen molar-refractivity contribution in [1.82, 2.24) is 5.32 Å². The van der Waals surface area contributed by atoms with Crippen LogP contribution in [0, 0.1) is 5.82 Å². The lowest BCUT2D eigenvalue weighted by atomic mass is 9.99. The second-order valence-electron chi connectivity index (χ2n) is 4.96. The smallest absolute Gasteiger partial charge is 0.141 e. The molecule has 0 aliphatic rings. The van der Waals surface area contributed by atoms with E-state index in [4.69, 9.17) is 11.6 Å². The Bertz CT molecular complexity index is 542. The highest BCUT2D eigenvalue weighted by Gasteiger charge is 2.09. The normalized spacial score (nSPS) is 12.3. The molecule has 0 spiro atoms. The molecule has 2 aromatic carbocycles. The van der Waals surface area contributed by atoms with Crippen LogP contribution in [0.2, 0.25) is 5.02 Å². The molecular formula is C17H19ClFN. The number of aryl methyl sites for hydroxylation is 1. The van der Waals surface area contributed by atoms with Crippen molar-refractivity contribution in [3.63, 3.8) is 0 Å². The molecule has 20 heavy (non-hydrogen) atoms. The zero-order valence-electron chi connectivity index (χ0n) is 11.6. The van der Waals surface area contributed by atoms with Gasteiger partial charge in [0.25, 0.3) is 0 Å². The van der Waals surface area contributed by atoms with Crippen LogP contribution in [0.25, 0.3) is 0 Å². The van der Waals surface area contributed by atoms with Crippen LogP contribution in [0.5, 0.6) is 0 Å². The molecule has 3 heteroatoms.